The van der Waals surface area contributed by atoms with E-state index < -0.39 is 0 Å². The van der Waals surface area contributed by atoms with E-state index in [0.717, 1.165) is 0 Å². The van der Waals surface area contributed by atoms with E-state index in [4.69, 9.17) is 9.47 Å². The molecule has 0 saturated carbocycles. The van der Waals surface area contributed by atoms with E-state index in [-0.39, 0.29) is 12.4 Å². The first-order valence-corrected chi connectivity index (χ1v) is 5.36. The highest BCUT2D eigenvalue weighted by Crippen LogP contribution is 2.17. The fourth-order valence-electron chi connectivity index (χ4n) is 1.25. The molecule has 0 atom stereocenters. The van der Waals surface area contributed by atoms with Crippen LogP contribution in [0.3, 0.4) is 0 Å². The Kier molecular flexibility index (Phi) is 4.69. The van der Waals surface area contributed by atoms with Gasteiger partial charge in [0.15, 0.2) is 6.61 Å². The Balaban J connectivity index is 2.74. The molecule has 0 heterocycles. The maximum atomic E-state index is 11.9. The van der Waals surface area contributed by atoms with Gasteiger partial charge in [-0.2, -0.15) is 0 Å². The topological polar surface area (TPSA) is 38.5 Å². The molecule has 0 spiro atoms. The zero-order chi connectivity index (χ0) is 12.8. The van der Waals surface area contributed by atoms with Gasteiger partial charge in [0.25, 0.3) is 0 Å². The van der Waals surface area contributed by atoms with Gasteiger partial charge in [-0.25, -0.2) is 4.58 Å². The standard InChI is InChI=1S/C13H18NO3/c1-10(14(2)3)17-9-12(15)11-7-5-6-8-13(11)16-4/h5-8H,9H2,1-4H3/q+1. The average molecular weight is 236 g/mol. The third-order valence-electron chi connectivity index (χ3n) is 2.45. The number of para-hydroxylation sites is 1. The van der Waals surface area contributed by atoms with E-state index in [1.807, 2.05) is 31.7 Å². The van der Waals surface area contributed by atoms with Gasteiger partial charge in [0.1, 0.15) is 19.8 Å². The smallest absolute Gasteiger partial charge is 0.333 e. The van der Waals surface area contributed by atoms with Crippen LogP contribution in [0.4, 0.5) is 0 Å². The lowest BCUT2D eigenvalue weighted by atomic mass is 10.1. The number of hydrogen-bond donors (Lipinski definition) is 0. The monoisotopic (exact) mass is 236 g/mol. The molecule has 0 aliphatic carbocycles. The molecule has 0 unspecified atom stereocenters. The Morgan fingerprint density at radius 3 is 2.53 bits per heavy atom. The number of carbonyl (C=O) groups is 1. The second-order valence-corrected chi connectivity index (χ2v) is 3.83. The predicted molar refractivity (Wildman–Crippen MR) is 66.1 cm³/mol. The third kappa shape index (κ3) is 3.59. The molecule has 0 aromatic heterocycles. The van der Waals surface area contributed by atoms with E-state index in [9.17, 15) is 4.79 Å². The number of benzene rings is 1. The van der Waals surface area contributed by atoms with Gasteiger partial charge in [-0.3, -0.25) is 4.79 Å². The van der Waals surface area contributed by atoms with Crippen LogP contribution in [0.25, 0.3) is 0 Å². The SMILES string of the molecule is COc1ccccc1C(=O)COC(C)=[N+](C)C. The van der Waals surface area contributed by atoms with Crippen molar-refractivity contribution < 1.29 is 18.8 Å². The van der Waals surface area contributed by atoms with Gasteiger partial charge < -0.3 is 9.47 Å². The highest BCUT2D eigenvalue weighted by atomic mass is 16.5. The summed E-state index contributed by atoms with van der Waals surface area (Å²) in [6, 6.07) is 7.12. The van der Waals surface area contributed by atoms with Crippen LogP contribution in [0.15, 0.2) is 24.3 Å². The van der Waals surface area contributed by atoms with Crippen molar-refractivity contribution in [1.29, 1.82) is 0 Å². The quantitative estimate of drug-likeness (QED) is 0.345. The van der Waals surface area contributed by atoms with Gasteiger partial charge >= 0.3 is 5.90 Å². The maximum absolute atomic E-state index is 11.9. The number of ether oxygens (including phenoxy) is 2. The Bertz CT molecular complexity index is 434. The number of hydrogen-bond acceptors (Lipinski definition) is 3. The van der Waals surface area contributed by atoms with Crippen LogP contribution in [0.5, 0.6) is 5.75 Å². The van der Waals surface area contributed by atoms with Crippen LogP contribution in [-0.2, 0) is 4.74 Å². The third-order valence-corrected chi connectivity index (χ3v) is 2.45. The van der Waals surface area contributed by atoms with E-state index in [1.54, 1.807) is 25.3 Å². The molecule has 0 aliphatic rings. The molecule has 4 nitrogen and oxygen atoms in total. The summed E-state index contributed by atoms with van der Waals surface area (Å²) in [7, 11) is 5.27. The molecule has 0 amide bonds. The van der Waals surface area contributed by atoms with Gasteiger partial charge in [0.05, 0.1) is 19.6 Å². The molecule has 0 fully saturated rings. The van der Waals surface area contributed by atoms with Crippen LogP contribution in [0.1, 0.15) is 17.3 Å². The average Bonchev–Trinajstić information content (AvgIpc) is 2.35. The summed E-state index contributed by atoms with van der Waals surface area (Å²) in [5, 5.41) is 0. The van der Waals surface area contributed by atoms with Crippen LogP contribution in [0, 0.1) is 0 Å². The molecule has 1 rings (SSSR count). The fraction of sp³-hybridized carbons (Fsp3) is 0.385. The number of ketones is 1. The lowest BCUT2D eigenvalue weighted by Crippen LogP contribution is -2.18. The summed E-state index contributed by atoms with van der Waals surface area (Å²) in [5.41, 5.74) is 0.543. The minimum absolute atomic E-state index is 0.0182. The van der Waals surface area contributed by atoms with Crippen LogP contribution < -0.4 is 4.74 Å². The summed E-state index contributed by atoms with van der Waals surface area (Å²) in [6.45, 7) is 1.83. The van der Waals surface area contributed by atoms with Crippen molar-refractivity contribution in [3.8, 4) is 5.75 Å². The largest absolute Gasteiger partial charge is 0.496 e. The van der Waals surface area contributed by atoms with E-state index >= 15 is 0 Å². The maximum Gasteiger partial charge on any atom is 0.333 e. The molecule has 0 N–H and O–H groups in total. The molecule has 92 valence electrons. The number of Topliss-reactive ketones (excluding diaryl/α,β-unsaturated/α-hetero) is 1. The summed E-state index contributed by atoms with van der Waals surface area (Å²) in [6.07, 6.45) is 0. The highest BCUT2D eigenvalue weighted by Gasteiger charge is 2.13. The Morgan fingerprint density at radius 1 is 1.29 bits per heavy atom. The van der Waals surface area contributed by atoms with Crippen molar-refractivity contribution in [2.24, 2.45) is 0 Å². The summed E-state index contributed by atoms with van der Waals surface area (Å²) in [4.78, 5) is 11.9. The second-order valence-electron chi connectivity index (χ2n) is 3.83. The van der Waals surface area contributed by atoms with E-state index in [1.165, 1.54) is 0 Å². The van der Waals surface area contributed by atoms with Crippen molar-refractivity contribution in [1.82, 2.24) is 0 Å². The van der Waals surface area contributed by atoms with Gasteiger partial charge in [-0.05, 0) is 12.1 Å². The minimum Gasteiger partial charge on any atom is -0.496 e. The van der Waals surface area contributed by atoms with Crippen molar-refractivity contribution in [3.63, 3.8) is 0 Å². The van der Waals surface area contributed by atoms with Gasteiger partial charge in [0, 0.05) is 0 Å². The van der Waals surface area contributed by atoms with Crippen molar-refractivity contribution >= 4 is 11.7 Å². The fourth-order valence-corrected chi connectivity index (χ4v) is 1.25. The number of carbonyl (C=O) groups excluding carboxylic acids is 1. The first-order chi connectivity index (χ1) is 8.06. The molecule has 17 heavy (non-hydrogen) atoms. The van der Waals surface area contributed by atoms with Gasteiger partial charge in [-0.15, -0.1) is 0 Å². The molecule has 1 aromatic rings. The summed E-state index contributed by atoms with van der Waals surface area (Å²) < 4.78 is 12.3. The highest BCUT2D eigenvalue weighted by molar-refractivity contribution is 6.00. The van der Waals surface area contributed by atoms with Crippen molar-refractivity contribution in [2.75, 3.05) is 27.8 Å². The molecule has 0 aliphatic heterocycles. The zero-order valence-corrected chi connectivity index (χ0v) is 10.7. The van der Waals surface area contributed by atoms with Crippen LogP contribution in [-0.4, -0.2) is 44.1 Å². The normalized spacial score (nSPS) is 9.65. The number of methoxy groups -OCH3 is 1. The first kappa shape index (κ1) is 13.2. The van der Waals surface area contributed by atoms with E-state index in [2.05, 4.69) is 0 Å². The Labute approximate surface area is 101 Å². The van der Waals surface area contributed by atoms with Crippen LogP contribution in [0.2, 0.25) is 0 Å². The molecular formula is C13H18NO3+. The number of rotatable bonds is 4. The molecule has 4 heteroatoms. The molecule has 0 radical (unpaired) electrons. The van der Waals surface area contributed by atoms with Crippen molar-refractivity contribution in [3.05, 3.63) is 29.8 Å². The lowest BCUT2D eigenvalue weighted by molar-refractivity contribution is -0.474. The minimum atomic E-state index is -0.0938. The number of nitrogens with zero attached hydrogens (tertiary/aromatic N) is 1. The lowest BCUT2D eigenvalue weighted by Gasteiger charge is -2.07. The molecule has 0 bridgehead atoms. The zero-order valence-electron chi connectivity index (χ0n) is 10.7. The van der Waals surface area contributed by atoms with Crippen LogP contribution >= 0.6 is 0 Å². The van der Waals surface area contributed by atoms with Gasteiger partial charge in [0.2, 0.25) is 5.78 Å². The Morgan fingerprint density at radius 2 is 1.94 bits per heavy atom. The van der Waals surface area contributed by atoms with E-state index in [0.29, 0.717) is 17.2 Å². The second kappa shape index (κ2) is 6.03. The molecule has 1 aromatic carbocycles. The van der Waals surface area contributed by atoms with Crippen molar-refractivity contribution in [2.45, 2.75) is 6.92 Å². The van der Waals surface area contributed by atoms with Gasteiger partial charge in [-0.1, -0.05) is 12.1 Å². The molecule has 0 saturated heterocycles. The summed E-state index contributed by atoms with van der Waals surface area (Å²) in [5.74, 6) is 1.18. The summed E-state index contributed by atoms with van der Waals surface area (Å²) >= 11 is 0. The first-order valence-electron chi connectivity index (χ1n) is 5.36. The molecular weight excluding hydrogens is 218 g/mol. The Hall–Kier alpha value is -1.84. The predicted octanol–water partition coefficient (Wildman–Crippen LogP) is 1.58.